The van der Waals surface area contributed by atoms with Crippen molar-refractivity contribution in [1.29, 1.82) is 0 Å². The first kappa shape index (κ1) is 11.7. The summed E-state index contributed by atoms with van der Waals surface area (Å²) >= 11 is 0. The second-order valence-corrected chi connectivity index (χ2v) is 5.37. The zero-order valence-electron chi connectivity index (χ0n) is 10.7. The van der Waals surface area contributed by atoms with Crippen LogP contribution >= 0.6 is 0 Å². The molecule has 3 atom stereocenters. The van der Waals surface area contributed by atoms with Gasteiger partial charge in [0.15, 0.2) is 0 Å². The van der Waals surface area contributed by atoms with Crippen LogP contribution in [0.25, 0.3) is 0 Å². The van der Waals surface area contributed by atoms with Gasteiger partial charge in [0.25, 0.3) is 0 Å². The first-order valence-corrected chi connectivity index (χ1v) is 6.75. The van der Waals surface area contributed by atoms with Gasteiger partial charge < -0.3 is 10.1 Å². The van der Waals surface area contributed by atoms with E-state index in [9.17, 15) is 4.79 Å². The third-order valence-electron chi connectivity index (χ3n) is 4.02. The Morgan fingerprint density at radius 2 is 2.22 bits per heavy atom. The number of fused-ring (bicyclic) bond motifs is 1. The Balaban J connectivity index is 1.74. The lowest BCUT2D eigenvalue weighted by Crippen LogP contribution is -2.38. The Labute approximate surface area is 108 Å². The molecule has 1 saturated heterocycles. The van der Waals surface area contributed by atoms with E-state index in [1.165, 1.54) is 11.1 Å². The average Bonchev–Trinajstić information content (AvgIpc) is 2.98. The Morgan fingerprint density at radius 1 is 1.39 bits per heavy atom. The second kappa shape index (κ2) is 4.73. The topological polar surface area (TPSA) is 38.3 Å². The zero-order valence-corrected chi connectivity index (χ0v) is 10.7. The van der Waals surface area contributed by atoms with Crippen molar-refractivity contribution >= 4 is 5.91 Å². The summed E-state index contributed by atoms with van der Waals surface area (Å²) in [5, 5.41) is 3.16. The molecule has 1 amide bonds. The van der Waals surface area contributed by atoms with Crippen molar-refractivity contribution in [3.8, 4) is 0 Å². The van der Waals surface area contributed by atoms with Crippen LogP contribution in [0.5, 0.6) is 0 Å². The molecule has 1 aliphatic heterocycles. The molecule has 96 valence electrons. The van der Waals surface area contributed by atoms with E-state index in [4.69, 9.17) is 4.74 Å². The number of amides is 1. The fraction of sp³-hybridized carbons (Fsp3) is 0.533. The number of ether oxygens (including phenoxy) is 1. The van der Waals surface area contributed by atoms with Gasteiger partial charge in [-0.1, -0.05) is 31.2 Å². The largest absolute Gasteiger partial charge is 0.368 e. The van der Waals surface area contributed by atoms with Crippen LogP contribution in [0.3, 0.4) is 0 Å². The van der Waals surface area contributed by atoms with E-state index in [0.29, 0.717) is 5.92 Å². The summed E-state index contributed by atoms with van der Waals surface area (Å²) in [6.45, 7) is 2.91. The van der Waals surface area contributed by atoms with Crippen LogP contribution in [0.4, 0.5) is 0 Å². The molecule has 0 spiro atoms. The lowest BCUT2D eigenvalue weighted by atomic mass is 10.0. The molecule has 0 aromatic heterocycles. The van der Waals surface area contributed by atoms with Gasteiger partial charge in [-0.2, -0.15) is 0 Å². The van der Waals surface area contributed by atoms with Crippen molar-refractivity contribution in [2.24, 2.45) is 5.92 Å². The minimum Gasteiger partial charge on any atom is -0.368 e. The van der Waals surface area contributed by atoms with Crippen LogP contribution in [0, 0.1) is 5.92 Å². The molecule has 0 saturated carbocycles. The molecule has 1 aromatic carbocycles. The van der Waals surface area contributed by atoms with Crippen molar-refractivity contribution in [1.82, 2.24) is 5.32 Å². The van der Waals surface area contributed by atoms with Crippen LogP contribution in [0.2, 0.25) is 0 Å². The summed E-state index contributed by atoms with van der Waals surface area (Å²) in [4.78, 5) is 12.1. The van der Waals surface area contributed by atoms with Gasteiger partial charge in [-0.25, -0.2) is 0 Å². The Morgan fingerprint density at radius 3 is 3.00 bits per heavy atom. The molecule has 3 nitrogen and oxygen atoms in total. The molecule has 1 heterocycles. The first-order valence-electron chi connectivity index (χ1n) is 6.75. The number of nitrogens with one attached hydrogen (secondary N) is 1. The molecule has 1 aromatic rings. The molecule has 2 aliphatic rings. The van der Waals surface area contributed by atoms with Crippen LogP contribution in [0.1, 0.15) is 36.9 Å². The number of carbonyl (C=O) groups is 1. The van der Waals surface area contributed by atoms with Gasteiger partial charge in [0.2, 0.25) is 5.91 Å². The number of rotatable bonds is 2. The van der Waals surface area contributed by atoms with Gasteiger partial charge >= 0.3 is 0 Å². The molecule has 1 N–H and O–H groups in total. The lowest BCUT2D eigenvalue weighted by molar-refractivity contribution is -0.131. The zero-order chi connectivity index (χ0) is 12.5. The highest BCUT2D eigenvalue weighted by Gasteiger charge is 2.33. The Hall–Kier alpha value is -1.35. The predicted molar refractivity (Wildman–Crippen MR) is 69.2 cm³/mol. The minimum atomic E-state index is -0.232. The van der Waals surface area contributed by atoms with Gasteiger partial charge in [-0.15, -0.1) is 0 Å². The average molecular weight is 245 g/mol. The van der Waals surface area contributed by atoms with Crippen molar-refractivity contribution in [3.63, 3.8) is 0 Å². The SMILES string of the molecule is CC1Cc2ccccc2C1NC(=O)C1CCCO1. The van der Waals surface area contributed by atoms with E-state index >= 15 is 0 Å². The summed E-state index contributed by atoms with van der Waals surface area (Å²) in [6, 6.07) is 8.54. The molecule has 3 heteroatoms. The van der Waals surface area contributed by atoms with Gasteiger partial charge in [0.1, 0.15) is 6.10 Å². The highest BCUT2D eigenvalue weighted by Crippen LogP contribution is 2.35. The Kier molecular flexibility index (Phi) is 3.08. The molecular weight excluding hydrogens is 226 g/mol. The number of benzene rings is 1. The molecule has 3 rings (SSSR count). The van der Waals surface area contributed by atoms with Gasteiger partial charge in [-0.05, 0) is 36.3 Å². The fourth-order valence-corrected chi connectivity index (χ4v) is 3.05. The monoisotopic (exact) mass is 245 g/mol. The fourth-order valence-electron chi connectivity index (χ4n) is 3.05. The van der Waals surface area contributed by atoms with Crippen molar-refractivity contribution in [3.05, 3.63) is 35.4 Å². The van der Waals surface area contributed by atoms with Crippen molar-refractivity contribution in [2.45, 2.75) is 38.3 Å². The summed E-state index contributed by atoms with van der Waals surface area (Å²) < 4.78 is 5.44. The summed E-state index contributed by atoms with van der Waals surface area (Å²) in [7, 11) is 0. The minimum absolute atomic E-state index is 0.0565. The molecule has 0 radical (unpaired) electrons. The second-order valence-electron chi connectivity index (χ2n) is 5.37. The summed E-state index contributed by atoms with van der Waals surface area (Å²) in [6.07, 6.45) is 2.67. The maximum atomic E-state index is 12.1. The molecule has 3 unspecified atom stereocenters. The smallest absolute Gasteiger partial charge is 0.249 e. The maximum absolute atomic E-state index is 12.1. The third kappa shape index (κ3) is 2.03. The van der Waals surface area contributed by atoms with Crippen LogP contribution in [-0.4, -0.2) is 18.6 Å². The quantitative estimate of drug-likeness (QED) is 0.867. The first-order chi connectivity index (χ1) is 8.75. The maximum Gasteiger partial charge on any atom is 0.249 e. The molecular formula is C15H19NO2. The standard InChI is InChI=1S/C15H19NO2/c1-10-9-11-5-2-3-6-12(11)14(10)16-15(17)13-7-4-8-18-13/h2-3,5-6,10,13-14H,4,7-9H2,1H3,(H,16,17). The Bertz CT molecular complexity index is 452. The highest BCUT2D eigenvalue weighted by molar-refractivity contribution is 5.81. The molecule has 1 fully saturated rings. The normalized spacial score (nSPS) is 30.2. The van der Waals surface area contributed by atoms with Crippen molar-refractivity contribution in [2.75, 3.05) is 6.61 Å². The lowest BCUT2D eigenvalue weighted by Gasteiger charge is -2.20. The predicted octanol–water partition coefficient (Wildman–Crippen LogP) is 2.22. The van der Waals surface area contributed by atoms with Crippen LogP contribution in [0.15, 0.2) is 24.3 Å². The van der Waals surface area contributed by atoms with E-state index in [1.54, 1.807) is 0 Å². The number of hydrogen-bond acceptors (Lipinski definition) is 2. The van der Waals surface area contributed by atoms with E-state index in [0.717, 1.165) is 25.9 Å². The van der Waals surface area contributed by atoms with Crippen LogP contribution in [-0.2, 0) is 16.0 Å². The third-order valence-corrected chi connectivity index (χ3v) is 4.02. The van der Waals surface area contributed by atoms with E-state index in [1.807, 2.05) is 6.07 Å². The van der Waals surface area contributed by atoms with Crippen LogP contribution < -0.4 is 5.32 Å². The van der Waals surface area contributed by atoms with E-state index in [2.05, 4.69) is 30.4 Å². The van der Waals surface area contributed by atoms with E-state index in [-0.39, 0.29) is 18.1 Å². The van der Waals surface area contributed by atoms with Crippen molar-refractivity contribution < 1.29 is 9.53 Å². The van der Waals surface area contributed by atoms with Gasteiger partial charge in [0.05, 0.1) is 6.04 Å². The van der Waals surface area contributed by atoms with E-state index < -0.39 is 0 Å². The molecule has 0 bridgehead atoms. The summed E-state index contributed by atoms with van der Waals surface area (Å²) in [5.41, 5.74) is 2.64. The molecule has 18 heavy (non-hydrogen) atoms. The number of hydrogen-bond donors (Lipinski definition) is 1. The van der Waals surface area contributed by atoms with Gasteiger partial charge in [0, 0.05) is 6.61 Å². The molecule has 1 aliphatic carbocycles. The number of carbonyl (C=O) groups excluding carboxylic acids is 1. The summed E-state index contributed by atoms with van der Waals surface area (Å²) in [5.74, 6) is 0.522. The highest BCUT2D eigenvalue weighted by atomic mass is 16.5. The van der Waals surface area contributed by atoms with Gasteiger partial charge in [-0.3, -0.25) is 4.79 Å².